The van der Waals surface area contributed by atoms with E-state index in [1.807, 2.05) is 0 Å². The van der Waals surface area contributed by atoms with Gasteiger partial charge in [-0.2, -0.15) is 9.78 Å². The number of aromatic amines is 1. The Morgan fingerprint density at radius 1 is 1.41 bits per heavy atom. The first-order chi connectivity index (χ1) is 12.9. The van der Waals surface area contributed by atoms with Gasteiger partial charge in [0.1, 0.15) is 10.7 Å². The van der Waals surface area contributed by atoms with Gasteiger partial charge in [0.2, 0.25) is 5.95 Å². The van der Waals surface area contributed by atoms with E-state index in [2.05, 4.69) is 20.4 Å². The molecule has 11 nitrogen and oxygen atoms in total. The van der Waals surface area contributed by atoms with Crippen LogP contribution in [0.5, 0.6) is 0 Å². The molecule has 0 spiro atoms. The number of hydrogen-bond donors (Lipinski definition) is 2. The second kappa shape index (κ2) is 6.20. The molecule has 0 unspecified atom stereocenters. The van der Waals surface area contributed by atoms with Crippen molar-refractivity contribution in [2.24, 2.45) is 0 Å². The largest absolute Gasteiger partial charge is 0.433 e. The van der Waals surface area contributed by atoms with Gasteiger partial charge >= 0.3 is 5.88 Å². The maximum Gasteiger partial charge on any atom is 0.433 e. The molecule has 0 saturated carbocycles. The SMILES string of the molecule is Cc1cc(NC(=O)c2ccc([N+](=O)[O-])o2)n(-c2nc3c(c(=O)[nH]2)CCC3)n1. The van der Waals surface area contributed by atoms with E-state index < -0.39 is 16.7 Å². The van der Waals surface area contributed by atoms with Crippen molar-refractivity contribution in [1.82, 2.24) is 19.7 Å². The molecule has 138 valence electrons. The van der Waals surface area contributed by atoms with Crippen LogP contribution in [0, 0.1) is 17.0 Å². The van der Waals surface area contributed by atoms with Crippen LogP contribution in [0.3, 0.4) is 0 Å². The van der Waals surface area contributed by atoms with Crippen molar-refractivity contribution >= 4 is 17.6 Å². The molecule has 3 aromatic rings. The van der Waals surface area contributed by atoms with E-state index in [9.17, 15) is 19.7 Å². The van der Waals surface area contributed by atoms with Crippen LogP contribution in [0.2, 0.25) is 0 Å². The zero-order valence-electron chi connectivity index (χ0n) is 14.2. The summed E-state index contributed by atoms with van der Waals surface area (Å²) in [5.74, 6) is -1.00. The number of amides is 1. The summed E-state index contributed by atoms with van der Waals surface area (Å²) in [6, 6.07) is 3.88. The minimum atomic E-state index is -0.732. The van der Waals surface area contributed by atoms with Gasteiger partial charge in [-0.05, 0) is 32.3 Å². The van der Waals surface area contributed by atoms with Crippen molar-refractivity contribution in [1.29, 1.82) is 0 Å². The normalized spacial score (nSPS) is 12.8. The summed E-state index contributed by atoms with van der Waals surface area (Å²) in [5.41, 5.74) is 1.76. The van der Waals surface area contributed by atoms with Gasteiger partial charge in [0, 0.05) is 11.6 Å². The highest BCUT2D eigenvalue weighted by molar-refractivity contribution is 6.02. The molecule has 27 heavy (non-hydrogen) atoms. The van der Waals surface area contributed by atoms with E-state index in [-0.39, 0.29) is 23.1 Å². The predicted molar refractivity (Wildman–Crippen MR) is 92.1 cm³/mol. The molecule has 0 aromatic carbocycles. The Balaban J connectivity index is 1.67. The Labute approximate surface area is 151 Å². The quantitative estimate of drug-likeness (QED) is 0.522. The lowest BCUT2D eigenvalue weighted by Gasteiger charge is -2.08. The highest BCUT2D eigenvalue weighted by atomic mass is 16.6. The van der Waals surface area contributed by atoms with Gasteiger partial charge in [-0.15, -0.1) is 0 Å². The highest BCUT2D eigenvalue weighted by Gasteiger charge is 2.22. The fourth-order valence-electron chi connectivity index (χ4n) is 3.00. The Bertz CT molecular complexity index is 1120. The number of furan rings is 1. The number of carbonyl (C=O) groups excluding carboxylic acids is 1. The van der Waals surface area contributed by atoms with E-state index in [1.54, 1.807) is 13.0 Å². The molecule has 1 aliphatic rings. The molecular weight excluding hydrogens is 356 g/mol. The Morgan fingerprint density at radius 2 is 2.22 bits per heavy atom. The van der Waals surface area contributed by atoms with Crippen molar-refractivity contribution in [2.45, 2.75) is 26.2 Å². The molecule has 0 bridgehead atoms. The summed E-state index contributed by atoms with van der Waals surface area (Å²) in [4.78, 5) is 41.6. The molecule has 3 heterocycles. The summed E-state index contributed by atoms with van der Waals surface area (Å²) in [7, 11) is 0. The van der Waals surface area contributed by atoms with Crippen LogP contribution in [0.1, 0.15) is 33.9 Å². The first-order valence-electron chi connectivity index (χ1n) is 8.17. The van der Waals surface area contributed by atoms with Crippen LogP contribution in [0.15, 0.2) is 27.4 Å². The average Bonchev–Trinajstić information content (AvgIpc) is 3.33. The first kappa shape index (κ1) is 16.7. The molecule has 11 heteroatoms. The standard InChI is InChI=1S/C16H14N6O5/c1-8-7-12(18-15(24)11-5-6-13(27-11)22(25)26)21(20-8)16-17-10-4-2-3-9(10)14(23)19-16/h5-7H,2-4H2,1H3,(H,18,24)(H,17,19,23). The van der Waals surface area contributed by atoms with Crippen molar-refractivity contribution in [2.75, 3.05) is 5.32 Å². The van der Waals surface area contributed by atoms with Gasteiger partial charge in [-0.25, -0.2) is 4.98 Å². The smallest absolute Gasteiger partial charge is 0.395 e. The summed E-state index contributed by atoms with van der Waals surface area (Å²) in [5, 5.41) is 17.5. The maximum absolute atomic E-state index is 12.3. The highest BCUT2D eigenvalue weighted by Crippen LogP contribution is 2.21. The Hall–Kier alpha value is -3.76. The lowest BCUT2D eigenvalue weighted by atomic mass is 10.3. The number of fused-ring (bicyclic) bond motifs is 1. The number of rotatable bonds is 4. The van der Waals surface area contributed by atoms with Crippen molar-refractivity contribution in [3.63, 3.8) is 0 Å². The van der Waals surface area contributed by atoms with Crippen molar-refractivity contribution in [3.05, 3.63) is 61.4 Å². The number of nitrogens with zero attached hydrogens (tertiary/aromatic N) is 4. The minimum Gasteiger partial charge on any atom is -0.395 e. The van der Waals surface area contributed by atoms with E-state index in [1.165, 1.54) is 10.7 Å². The zero-order valence-corrected chi connectivity index (χ0v) is 14.2. The molecule has 3 aromatic heterocycles. The third-order valence-corrected chi connectivity index (χ3v) is 4.20. The second-order valence-electron chi connectivity index (χ2n) is 6.10. The summed E-state index contributed by atoms with van der Waals surface area (Å²) >= 11 is 0. The second-order valence-corrected chi connectivity index (χ2v) is 6.10. The Morgan fingerprint density at radius 3 is 2.96 bits per heavy atom. The van der Waals surface area contributed by atoms with Crippen LogP contribution in [-0.4, -0.2) is 30.6 Å². The monoisotopic (exact) mass is 370 g/mol. The topological polar surface area (TPSA) is 149 Å². The van der Waals surface area contributed by atoms with E-state index in [0.717, 1.165) is 18.2 Å². The Kier molecular flexibility index (Phi) is 3.83. The van der Waals surface area contributed by atoms with Crippen LogP contribution in [0.25, 0.3) is 5.95 Å². The van der Waals surface area contributed by atoms with Gasteiger partial charge in [0.15, 0.2) is 5.76 Å². The van der Waals surface area contributed by atoms with E-state index >= 15 is 0 Å². The van der Waals surface area contributed by atoms with Crippen LogP contribution in [0.4, 0.5) is 11.7 Å². The predicted octanol–water partition coefficient (Wildman–Crippen LogP) is 1.51. The molecule has 0 aliphatic heterocycles. The molecule has 0 fully saturated rings. The van der Waals surface area contributed by atoms with Gasteiger partial charge in [0.05, 0.1) is 17.5 Å². The average molecular weight is 370 g/mol. The fourth-order valence-corrected chi connectivity index (χ4v) is 3.00. The van der Waals surface area contributed by atoms with Crippen molar-refractivity contribution < 1.29 is 14.1 Å². The molecule has 1 amide bonds. The van der Waals surface area contributed by atoms with Gasteiger partial charge in [0.25, 0.3) is 11.5 Å². The molecule has 4 rings (SSSR count). The molecular formula is C16H14N6O5. The summed E-state index contributed by atoms with van der Waals surface area (Å²) in [6.45, 7) is 1.72. The third kappa shape index (κ3) is 2.99. The van der Waals surface area contributed by atoms with E-state index in [4.69, 9.17) is 4.42 Å². The molecule has 0 atom stereocenters. The number of aryl methyl sites for hydroxylation is 2. The first-order valence-corrected chi connectivity index (χ1v) is 8.17. The number of hydrogen-bond acceptors (Lipinski definition) is 7. The number of carbonyl (C=O) groups is 1. The third-order valence-electron chi connectivity index (χ3n) is 4.20. The summed E-state index contributed by atoms with van der Waals surface area (Å²) in [6.07, 6.45) is 2.27. The number of nitro groups is 1. The maximum atomic E-state index is 12.3. The molecule has 1 aliphatic carbocycles. The number of anilines is 1. The molecule has 0 radical (unpaired) electrons. The van der Waals surface area contributed by atoms with Crippen molar-refractivity contribution in [3.8, 4) is 5.95 Å². The summed E-state index contributed by atoms with van der Waals surface area (Å²) < 4.78 is 6.21. The van der Waals surface area contributed by atoms with Crippen LogP contribution in [-0.2, 0) is 12.8 Å². The molecule has 2 N–H and O–H groups in total. The fraction of sp³-hybridized carbons (Fsp3) is 0.250. The number of aromatic nitrogens is 4. The van der Waals surface area contributed by atoms with E-state index in [0.29, 0.717) is 24.1 Å². The van der Waals surface area contributed by atoms with Crippen LogP contribution >= 0.6 is 0 Å². The molecule has 0 saturated heterocycles. The number of H-pyrrole nitrogens is 1. The van der Waals surface area contributed by atoms with Gasteiger partial charge in [-0.1, -0.05) is 0 Å². The van der Waals surface area contributed by atoms with Gasteiger partial charge < -0.3 is 9.73 Å². The minimum absolute atomic E-state index is 0.189. The lowest BCUT2D eigenvalue weighted by Crippen LogP contribution is -2.21. The lowest BCUT2D eigenvalue weighted by molar-refractivity contribution is -0.402. The van der Waals surface area contributed by atoms with Gasteiger partial charge in [-0.3, -0.25) is 24.7 Å². The number of nitrogens with one attached hydrogen (secondary N) is 2. The zero-order chi connectivity index (χ0) is 19.1. The van der Waals surface area contributed by atoms with Crippen LogP contribution < -0.4 is 10.9 Å².